The number of nitrogens with one attached hydrogen (secondary N) is 1. The number of carbonyl (C=O) groups excluding carboxylic acids is 2. The summed E-state index contributed by atoms with van der Waals surface area (Å²) in [6.07, 6.45) is -0.171. The first-order valence-electron chi connectivity index (χ1n) is 8.94. The molecule has 0 spiro atoms. The van der Waals surface area contributed by atoms with Crippen LogP contribution in [0.25, 0.3) is 0 Å². The van der Waals surface area contributed by atoms with E-state index >= 15 is 0 Å². The second kappa shape index (κ2) is 9.18. The normalized spacial score (nSPS) is 16.8. The van der Waals surface area contributed by atoms with Gasteiger partial charge in [-0.25, -0.2) is 13.2 Å². The molecule has 1 unspecified atom stereocenters. The van der Waals surface area contributed by atoms with Crippen molar-refractivity contribution < 1.29 is 22.7 Å². The van der Waals surface area contributed by atoms with Gasteiger partial charge in [0.15, 0.2) is 0 Å². The lowest BCUT2D eigenvalue weighted by Gasteiger charge is -2.36. The molecule has 8 nitrogen and oxygen atoms in total. The number of hydrogen-bond acceptors (Lipinski definition) is 5. The molecule has 1 fully saturated rings. The second-order valence-electron chi connectivity index (χ2n) is 6.86. The van der Waals surface area contributed by atoms with Gasteiger partial charge in [0.1, 0.15) is 6.04 Å². The Morgan fingerprint density at radius 2 is 1.70 bits per heavy atom. The molecular formula is C18H27N3O5S. The van der Waals surface area contributed by atoms with Crippen LogP contribution in [0.4, 0.5) is 4.79 Å². The third kappa shape index (κ3) is 5.43. The highest BCUT2D eigenvalue weighted by Crippen LogP contribution is 2.18. The van der Waals surface area contributed by atoms with E-state index in [0.717, 1.165) is 0 Å². The van der Waals surface area contributed by atoms with Gasteiger partial charge in [-0.3, -0.25) is 4.79 Å². The summed E-state index contributed by atoms with van der Waals surface area (Å²) in [5.41, 5.74) is 0. The molecular weight excluding hydrogens is 370 g/mol. The summed E-state index contributed by atoms with van der Waals surface area (Å²) in [5.74, 6) is -0.0123. The molecule has 0 radical (unpaired) electrons. The topological polar surface area (TPSA) is 96.0 Å². The SMILES string of the molecule is COC(=O)NC(CC(C)C)C(=O)N1CCN(S(=O)(=O)c2ccccc2)CC1. The van der Waals surface area contributed by atoms with Crippen LogP contribution in [-0.2, 0) is 19.6 Å². The van der Waals surface area contributed by atoms with Crippen molar-refractivity contribution in [1.82, 2.24) is 14.5 Å². The molecule has 27 heavy (non-hydrogen) atoms. The van der Waals surface area contributed by atoms with Crippen molar-refractivity contribution in [3.05, 3.63) is 30.3 Å². The minimum Gasteiger partial charge on any atom is -0.453 e. The van der Waals surface area contributed by atoms with Crippen LogP contribution >= 0.6 is 0 Å². The van der Waals surface area contributed by atoms with E-state index in [1.54, 1.807) is 35.2 Å². The van der Waals surface area contributed by atoms with E-state index in [1.165, 1.54) is 11.4 Å². The lowest BCUT2D eigenvalue weighted by Crippen LogP contribution is -2.56. The Labute approximate surface area is 160 Å². The Kier molecular flexibility index (Phi) is 7.20. The molecule has 0 saturated carbocycles. The van der Waals surface area contributed by atoms with Gasteiger partial charge in [0.2, 0.25) is 15.9 Å². The molecule has 1 saturated heterocycles. The highest BCUT2D eigenvalue weighted by Gasteiger charge is 2.33. The van der Waals surface area contributed by atoms with Gasteiger partial charge >= 0.3 is 6.09 Å². The van der Waals surface area contributed by atoms with Crippen molar-refractivity contribution in [2.45, 2.75) is 31.2 Å². The van der Waals surface area contributed by atoms with E-state index in [4.69, 9.17) is 0 Å². The van der Waals surface area contributed by atoms with Crippen molar-refractivity contribution in [2.24, 2.45) is 5.92 Å². The average molecular weight is 397 g/mol. The number of sulfonamides is 1. The van der Waals surface area contributed by atoms with Crippen molar-refractivity contribution in [3.63, 3.8) is 0 Å². The van der Waals surface area contributed by atoms with Crippen molar-refractivity contribution >= 4 is 22.0 Å². The molecule has 0 aliphatic carbocycles. The van der Waals surface area contributed by atoms with E-state index in [-0.39, 0.29) is 42.9 Å². The van der Waals surface area contributed by atoms with Gasteiger partial charge in [-0.15, -0.1) is 0 Å². The summed E-state index contributed by atoms with van der Waals surface area (Å²) in [6, 6.07) is 7.56. The van der Waals surface area contributed by atoms with E-state index in [1.807, 2.05) is 13.8 Å². The Morgan fingerprint density at radius 1 is 1.11 bits per heavy atom. The number of piperazine rings is 1. The third-order valence-corrected chi connectivity index (χ3v) is 6.33. The lowest BCUT2D eigenvalue weighted by molar-refractivity contribution is -0.135. The average Bonchev–Trinajstić information content (AvgIpc) is 2.67. The monoisotopic (exact) mass is 397 g/mol. The van der Waals surface area contributed by atoms with Crippen LogP contribution < -0.4 is 5.32 Å². The summed E-state index contributed by atoms with van der Waals surface area (Å²) in [6.45, 7) is 4.92. The molecule has 1 aromatic carbocycles. The first-order valence-corrected chi connectivity index (χ1v) is 10.4. The van der Waals surface area contributed by atoms with Crippen molar-refractivity contribution in [1.29, 1.82) is 0 Å². The summed E-state index contributed by atoms with van der Waals surface area (Å²) in [5, 5.41) is 2.58. The molecule has 1 N–H and O–H groups in total. The predicted octanol–water partition coefficient (Wildman–Crippen LogP) is 1.29. The summed E-state index contributed by atoms with van der Waals surface area (Å²) in [4.78, 5) is 26.2. The van der Waals surface area contributed by atoms with Gasteiger partial charge in [-0.05, 0) is 24.5 Å². The van der Waals surface area contributed by atoms with Crippen molar-refractivity contribution in [2.75, 3.05) is 33.3 Å². The lowest BCUT2D eigenvalue weighted by atomic mass is 10.0. The standard InChI is InChI=1S/C18H27N3O5S/c1-14(2)13-16(19-18(23)26-3)17(22)20-9-11-21(12-10-20)27(24,25)15-7-5-4-6-8-15/h4-8,14,16H,9-13H2,1-3H3,(H,19,23). The van der Waals surface area contributed by atoms with E-state index in [0.29, 0.717) is 6.42 Å². The minimum absolute atomic E-state index is 0.204. The van der Waals surface area contributed by atoms with Crippen LogP contribution in [-0.4, -0.2) is 69.0 Å². The number of amides is 2. The molecule has 0 aromatic heterocycles. The van der Waals surface area contributed by atoms with Crippen LogP contribution in [0.5, 0.6) is 0 Å². The third-order valence-electron chi connectivity index (χ3n) is 4.41. The fourth-order valence-corrected chi connectivity index (χ4v) is 4.45. The number of benzene rings is 1. The van der Waals surface area contributed by atoms with E-state index in [9.17, 15) is 18.0 Å². The quantitative estimate of drug-likeness (QED) is 0.780. The number of ether oxygens (including phenoxy) is 1. The van der Waals surface area contributed by atoms with Gasteiger partial charge in [-0.1, -0.05) is 32.0 Å². The molecule has 1 aromatic rings. The summed E-state index contributed by atoms with van der Waals surface area (Å²) in [7, 11) is -2.32. The number of rotatable bonds is 6. The van der Waals surface area contributed by atoms with Crippen LogP contribution in [0.2, 0.25) is 0 Å². The smallest absolute Gasteiger partial charge is 0.407 e. The van der Waals surface area contributed by atoms with Gasteiger partial charge in [-0.2, -0.15) is 4.31 Å². The van der Waals surface area contributed by atoms with Gasteiger partial charge in [0.25, 0.3) is 0 Å². The fraction of sp³-hybridized carbons (Fsp3) is 0.556. The van der Waals surface area contributed by atoms with Gasteiger partial charge < -0.3 is 15.0 Å². The van der Waals surface area contributed by atoms with Crippen LogP contribution in [0, 0.1) is 5.92 Å². The molecule has 0 bridgehead atoms. The summed E-state index contributed by atoms with van der Waals surface area (Å²) >= 11 is 0. The maximum Gasteiger partial charge on any atom is 0.407 e. The van der Waals surface area contributed by atoms with Crippen LogP contribution in [0.1, 0.15) is 20.3 Å². The van der Waals surface area contributed by atoms with Crippen LogP contribution in [0.3, 0.4) is 0 Å². The maximum absolute atomic E-state index is 12.8. The molecule has 9 heteroatoms. The molecule has 1 aliphatic rings. The van der Waals surface area contributed by atoms with E-state index in [2.05, 4.69) is 10.1 Å². The first kappa shape index (κ1) is 21.2. The molecule has 1 heterocycles. The van der Waals surface area contributed by atoms with Gasteiger partial charge in [0, 0.05) is 26.2 Å². The largest absolute Gasteiger partial charge is 0.453 e. The first-order chi connectivity index (χ1) is 12.8. The maximum atomic E-state index is 12.8. The van der Waals surface area contributed by atoms with E-state index < -0.39 is 22.2 Å². The van der Waals surface area contributed by atoms with Gasteiger partial charge in [0.05, 0.1) is 12.0 Å². The highest BCUT2D eigenvalue weighted by atomic mass is 32.2. The molecule has 2 amide bonds. The zero-order valence-electron chi connectivity index (χ0n) is 15.9. The molecule has 1 aliphatic heterocycles. The summed E-state index contributed by atoms with van der Waals surface area (Å²) < 4.78 is 31.3. The number of carbonyl (C=O) groups is 2. The Bertz CT molecular complexity index is 744. The Balaban J connectivity index is 2.02. The highest BCUT2D eigenvalue weighted by molar-refractivity contribution is 7.89. The zero-order valence-corrected chi connectivity index (χ0v) is 16.7. The Morgan fingerprint density at radius 3 is 2.22 bits per heavy atom. The number of hydrogen-bond donors (Lipinski definition) is 1. The molecule has 1 atom stereocenters. The number of alkyl carbamates (subject to hydrolysis) is 1. The Hall–Kier alpha value is -2.13. The number of nitrogens with zero attached hydrogens (tertiary/aromatic N) is 2. The predicted molar refractivity (Wildman–Crippen MR) is 101 cm³/mol. The fourth-order valence-electron chi connectivity index (χ4n) is 3.00. The molecule has 2 rings (SSSR count). The molecule has 150 valence electrons. The second-order valence-corrected chi connectivity index (χ2v) is 8.80. The minimum atomic E-state index is -3.57. The zero-order chi connectivity index (χ0) is 20.0. The van der Waals surface area contributed by atoms with Crippen molar-refractivity contribution in [3.8, 4) is 0 Å². The number of methoxy groups -OCH3 is 1. The van der Waals surface area contributed by atoms with Crippen LogP contribution in [0.15, 0.2) is 35.2 Å².